The largest absolute Gasteiger partial charge is 0.343 e. The number of rotatable bonds is 2. The lowest BCUT2D eigenvalue weighted by atomic mass is 10.1. The maximum Gasteiger partial charge on any atom is 0.108 e. The van der Waals surface area contributed by atoms with Crippen molar-refractivity contribution >= 4 is 21.9 Å². The van der Waals surface area contributed by atoms with Crippen LogP contribution in [0.25, 0.3) is 21.9 Å². The van der Waals surface area contributed by atoms with Crippen LogP contribution < -0.4 is 0 Å². The second-order valence-corrected chi connectivity index (χ2v) is 7.41. The first kappa shape index (κ1) is 15.4. The van der Waals surface area contributed by atoms with E-state index in [4.69, 9.17) is 4.98 Å². The van der Waals surface area contributed by atoms with E-state index >= 15 is 0 Å². The van der Waals surface area contributed by atoms with Gasteiger partial charge in [0.15, 0.2) is 0 Å². The Morgan fingerprint density at radius 3 is 2.65 bits per heavy atom. The molecule has 26 heavy (non-hydrogen) atoms. The summed E-state index contributed by atoms with van der Waals surface area (Å²) in [4.78, 5) is 18.4. The lowest BCUT2D eigenvalue weighted by Crippen LogP contribution is -1.99. The molecule has 4 aromatic rings. The Balaban J connectivity index is 1.61. The van der Waals surface area contributed by atoms with Gasteiger partial charge in [-0.1, -0.05) is 0 Å². The van der Waals surface area contributed by atoms with Crippen molar-refractivity contribution < 1.29 is 0 Å². The molecule has 5 nitrogen and oxygen atoms in total. The van der Waals surface area contributed by atoms with Gasteiger partial charge in [-0.15, -0.1) is 0 Å². The summed E-state index contributed by atoms with van der Waals surface area (Å²) < 4.78 is 2.41. The number of pyridine rings is 2. The van der Waals surface area contributed by atoms with Gasteiger partial charge < -0.3 is 4.57 Å². The van der Waals surface area contributed by atoms with Gasteiger partial charge in [0.05, 0.1) is 28.6 Å². The topological polar surface area (TPSA) is 56.5 Å². The molecule has 4 aromatic heterocycles. The van der Waals surface area contributed by atoms with Crippen LogP contribution in [0.3, 0.4) is 0 Å². The summed E-state index contributed by atoms with van der Waals surface area (Å²) in [5.74, 6) is 0.436. The van der Waals surface area contributed by atoms with Gasteiger partial charge in [-0.3, -0.25) is 9.97 Å². The molecule has 2 unspecified atom stereocenters. The van der Waals surface area contributed by atoms with Crippen LogP contribution in [-0.4, -0.2) is 24.5 Å². The molecule has 0 amide bonds. The van der Waals surface area contributed by atoms with Crippen molar-refractivity contribution in [3.8, 4) is 0 Å². The van der Waals surface area contributed by atoms with Gasteiger partial charge in [-0.25, -0.2) is 9.97 Å². The molecule has 1 fully saturated rings. The molecule has 1 aliphatic carbocycles. The molecule has 0 radical (unpaired) electrons. The SMILES string of the molecule is Cc1nc2cncc(C3CC3n3cc(C)c4c(C)nccc43)c2nc1C. The van der Waals surface area contributed by atoms with Crippen LogP contribution in [0, 0.1) is 27.7 Å². The summed E-state index contributed by atoms with van der Waals surface area (Å²) in [5, 5.41) is 1.28. The van der Waals surface area contributed by atoms with Crippen LogP contribution in [0.5, 0.6) is 0 Å². The van der Waals surface area contributed by atoms with E-state index in [0.29, 0.717) is 12.0 Å². The van der Waals surface area contributed by atoms with Crippen LogP contribution in [0.4, 0.5) is 0 Å². The minimum Gasteiger partial charge on any atom is -0.343 e. The molecule has 5 heteroatoms. The standard InChI is InChI=1S/C21H21N5/c1-11-10-26(18-5-6-23-14(4)20(11)18)19-7-15(19)16-8-22-9-17-21(16)25-13(3)12(2)24-17/h5-6,8-10,15,19H,7H2,1-4H3. The summed E-state index contributed by atoms with van der Waals surface area (Å²) in [5.41, 5.74) is 8.73. The van der Waals surface area contributed by atoms with Crippen LogP contribution >= 0.6 is 0 Å². The molecule has 0 N–H and O–H groups in total. The minimum atomic E-state index is 0.436. The molecular formula is C21H21N5. The zero-order valence-electron chi connectivity index (χ0n) is 15.5. The number of nitrogens with zero attached hydrogens (tertiary/aromatic N) is 5. The molecule has 5 rings (SSSR count). The summed E-state index contributed by atoms with van der Waals surface area (Å²) in [6, 6.07) is 2.57. The number of hydrogen-bond donors (Lipinski definition) is 0. The Morgan fingerprint density at radius 2 is 1.81 bits per heavy atom. The molecule has 1 saturated carbocycles. The fraction of sp³-hybridized carbons (Fsp3) is 0.333. The third-order valence-electron chi connectivity index (χ3n) is 5.66. The van der Waals surface area contributed by atoms with Crippen molar-refractivity contribution in [1.82, 2.24) is 24.5 Å². The zero-order valence-corrected chi connectivity index (χ0v) is 15.5. The molecule has 0 aromatic carbocycles. The van der Waals surface area contributed by atoms with Crippen LogP contribution in [0.1, 0.15) is 46.6 Å². The summed E-state index contributed by atoms with van der Waals surface area (Å²) >= 11 is 0. The highest BCUT2D eigenvalue weighted by Gasteiger charge is 2.42. The minimum absolute atomic E-state index is 0.436. The molecule has 0 aliphatic heterocycles. The zero-order chi connectivity index (χ0) is 18.0. The van der Waals surface area contributed by atoms with Gasteiger partial charge >= 0.3 is 0 Å². The molecular weight excluding hydrogens is 322 g/mol. The lowest BCUT2D eigenvalue weighted by Gasteiger charge is -2.09. The fourth-order valence-corrected chi connectivity index (χ4v) is 4.14. The second-order valence-electron chi connectivity index (χ2n) is 7.41. The van der Waals surface area contributed by atoms with Gasteiger partial charge in [-0.05, 0) is 45.7 Å². The molecule has 0 spiro atoms. The van der Waals surface area contributed by atoms with Gasteiger partial charge in [0.2, 0.25) is 0 Å². The normalized spacial score (nSPS) is 19.4. The molecule has 0 bridgehead atoms. The average molecular weight is 343 g/mol. The summed E-state index contributed by atoms with van der Waals surface area (Å²) in [6.07, 6.45) is 9.08. The van der Waals surface area contributed by atoms with Gasteiger partial charge in [-0.2, -0.15) is 0 Å². The predicted octanol–water partition coefficient (Wildman–Crippen LogP) is 4.34. The van der Waals surface area contributed by atoms with Crippen molar-refractivity contribution in [2.45, 2.75) is 46.1 Å². The van der Waals surface area contributed by atoms with Gasteiger partial charge in [0, 0.05) is 47.2 Å². The first-order valence-electron chi connectivity index (χ1n) is 9.06. The van der Waals surface area contributed by atoms with E-state index in [1.165, 1.54) is 22.0 Å². The number of aromatic nitrogens is 5. The van der Waals surface area contributed by atoms with Crippen molar-refractivity contribution in [3.63, 3.8) is 0 Å². The lowest BCUT2D eigenvalue weighted by molar-refractivity contribution is 0.745. The van der Waals surface area contributed by atoms with E-state index in [1.807, 2.05) is 32.4 Å². The molecule has 130 valence electrons. The predicted molar refractivity (Wildman–Crippen MR) is 102 cm³/mol. The number of aryl methyl sites for hydroxylation is 4. The first-order valence-corrected chi connectivity index (χ1v) is 9.06. The summed E-state index contributed by atoms with van der Waals surface area (Å²) in [6.45, 7) is 8.27. The van der Waals surface area contributed by atoms with E-state index in [1.54, 1.807) is 0 Å². The molecule has 2 atom stereocenters. The van der Waals surface area contributed by atoms with Crippen molar-refractivity contribution in [1.29, 1.82) is 0 Å². The number of hydrogen-bond acceptors (Lipinski definition) is 4. The fourth-order valence-electron chi connectivity index (χ4n) is 4.14. The molecule has 4 heterocycles. The molecule has 0 saturated heterocycles. The highest BCUT2D eigenvalue weighted by Crippen LogP contribution is 2.53. The van der Waals surface area contributed by atoms with Crippen LogP contribution in [0.2, 0.25) is 0 Å². The van der Waals surface area contributed by atoms with E-state index in [-0.39, 0.29) is 0 Å². The van der Waals surface area contributed by atoms with Gasteiger partial charge in [0.25, 0.3) is 0 Å². The van der Waals surface area contributed by atoms with E-state index in [9.17, 15) is 0 Å². The summed E-state index contributed by atoms with van der Waals surface area (Å²) in [7, 11) is 0. The van der Waals surface area contributed by atoms with Crippen molar-refractivity contribution in [3.05, 3.63) is 59.1 Å². The highest BCUT2D eigenvalue weighted by atomic mass is 15.1. The van der Waals surface area contributed by atoms with Gasteiger partial charge in [0.1, 0.15) is 5.52 Å². The molecule has 1 aliphatic rings. The van der Waals surface area contributed by atoms with Crippen molar-refractivity contribution in [2.24, 2.45) is 0 Å². The Hall–Kier alpha value is -2.82. The maximum atomic E-state index is 4.82. The van der Waals surface area contributed by atoms with Crippen LogP contribution in [-0.2, 0) is 0 Å². The quantitative estimate of drug-likeness (QED) is 0.543. The average Bonchev–Trinajstić information content (AvgIpc) is 3.33. The van der Waals surface area contributed by atoms with Crippen LogP contribution in [0.15, 0.2) is 30.9 Å². The Kier molecular flexibility index (Phi) is 3.17. The van der Waals surface area contributed by atoms with E-state index in [2.05, 4.69) is 45.6 Å². The Morgan fingerprint density at radius 1 is 1.00 bits per heavy atom. The second kappa shape index (κ2) is 5.34. The Labute approximate surface area is 152 Å². The third kappa shape index (κ3) is 2.16. The Bertz CT molecular complexity index is 1170. The van der Waals surface area contributed by atoms with E-state index in [0.717, 1.165) is 34.5 Å². The maximum absolute atomic E-state index is 4.82. The highest BCUT2D eigenvalue weighted by molar-refractivity contribution is 5.86. The monoisotopic (exact) mass is 343 g/mol. The smallest absolute Gasteiger partial charge is 0.108 e. The van der Waals surface area contributed by atoms with E-state index < -0.39 is 0 Å². The number of fused-ring (bicyclic) bond motifs is 2. The third-order valence-corrected chi connectivity index (χ3v) is 5.66. The first-order chi connectivity index (χ1) is 12.5. The van der Waals surface area contributed by atoms with Crippen molar-refractivity contribution in [2.75, 3.05) is 0 Å².